The summed E-state index contributed by atoms with van der Waals surface area (Å²) in [7, 11) is 0. The van der Waals surface area contributed by atoms with Crippen LogP contribution in [-0.2, 0) is 13.1 Å². The lowest BCUT2D eigenvalue weighted by Crippen LogP contribution is -2.41. The first-order valence-corrected chi connectivity index (χ1v) is 8.16. The van der Waals surface area contributed by atoms with Gasteiger partial charge in [-0.1, -0.05) is 32.6 Å². The van der Waals surface area contributed by atoms with E-state index in [0.29, 0.717) is 6.04 Å². The van der Waals surface area contributed by atoms with E-state index in [1.807, 2.05) is 0 Å². The molecule has 0 amide bonds. The molecule has 2 rings (SSSR count). The first-order valence-electron chi connectivity index (χ1n) is 8.16. The molecule has 108 valence electrons. The molecule has 1 saturated heterocycles. The third kappa shape index (κ3) is 5.35. The standard InChI is InChI=1S/C16H30N3/c1-2-3-4-5-6-7-11-18-12-13-19(15-18)14-16-9-8-10-17-16/h12-13,15-17H,2-11,14H2,1H3/q+1/t16-/m0/s1. The van der Waals surface area contributed by atoms with E-state index in [1.165, 1.54) is 64.5 Å². The number of unbranched alkanes of at least 4 members (excludes halogenated alkanes) is 5. The molecule has 0 bridgehead atoms. The summed E-state index contributed by atoms with van der Waals surface area (Å²) >= 11 is 0. The Morgan fingerprint density at radius 3 is 2.84 bits per heavy atom. The summed E-state index contributed by atoms with van der Waals surface area (Å²) in [6.45, 7) is 5.78. The number of nitrogens with zero attached hydrogens (tertiary/aromatic N) is 2. The second-order valence-corrected chi connectivity index (χ2v) is 5.91. The highest BCUT2D eigenvalue weighted by Gasteiger charge is 2.17. The molecule has 1 aromatic rings. The minimum absolute atomic E-state index is 0.690. The smallest absolute Gasteiger partial charge is 0.243 e. The van der Waals surface area contributed by atoms with Crippen LogP contribution in [0.15, 0.2) is 18.7 Å². The zero-order valence-electron chi connectivity index (χ0n) is 12.5. The molecule has 1 aliphatic heterocycles. The maximum absolute atomic E-state index is 3.56. The normalized spacial score (nSPS) is 19.1. The quantitative estimate of drug-likeness (QED) is 0.537. The van der Waals surface area contributed by atoms with Crippen LogP contribution < -0.4 is 9.88 Å². The maximum atomic E-state index is 3.56. The predicted molar refractivity (Wildman–Crippen MR) is 79.0 cm³/mol. The van der Waals surface area contributed by atoms with Crippen LogP contribution in [0.5, 0.6) is 0 Å². The van der Waals surface area contributed by atoms with Gasteiger partial charge in [-0.25, -0.2) is 9.13 Å². The minimum Gasteiger partial charge on any atom is -0.310 e. The van der Waals surface area contributed by atoms with Gasteiger partial charge in [0.2, 0.25) is 6.33 Å². The van der Waals surface area contributed by atoms with Crippen molar-refractivity contribution in [1.82, 2.24) is 9.88 Å². The second kappa shape index (κ2) is 8.36. The van der Waals surface area contributed by atoms with E-state index in [-0.39, 0.29) is 0 Å². The van der Waals surface area contributed by atoms with E-state index in [4.69, 9.17) is 0 Å². The molecule has 19 heavy (non-hydrogen) atoms. The third-order valence-corrected chi connectivity index (χ3v) is 4.11. The summed E-state index contributed by atoms with van der Waals surface area (Å²) in [6, 6.07) is 0.690. The molecule has 3 heteroatoms. The number of hydrogen-bond donors (Lipinski definition) is 1. The van der Waals surface area contributed by atoms with Crippen LogP contribution in [-0.4, -0.2) is 17.2 Å². The molecule has 3 nitrogen and oxygen atoms in total. The van der Waals surface area contributed by atoms with Gasteiger partial charge in [-0.3, -0.25) is 0 Å². The fourth-order valence-electron chi connectivity index (χ4n) is 2.92. The topological polar surface area (TPSA) is 20.8 Å². The molecule has 0 aliphatic carbocycles. The lowest BCUT2D eigenvalue weighted by molar-refractivity contribution is -0.698. The van der Waals surface area contributed by atoms with Crippen LogP contribution in [0.25, 0.3) is 0 Å². The Morgan fingerprint density at radius 2 is 2.05 bits per heavy atom. The van der Waals surface area contributed by atoms with Crippen LogP contribution in [0.4, 0.5) is 0 Å². The number of rotatable bonds is 9. The molecule has 0 unspecified atom stereocenters. The Bertz CT molecular complexity index is 340. The number of nitrogens with one attached hydrogen (secondary N) is 1. The lowest BCUT2D eigenvalue weighted by atomic mass is 10.1. The van der Waals surface area contributed by atoms with Gasteiger partial charge in [0.05, 0.1) is 6.54 Å². The zero-order chi connectivity index (χ0) is 13.3. The van der Waals surface area contributed by atoms with Crippen LogP contribution in [0, 0.1) is 0 Å². The van der Waals surface area contributed by atoms with Crippen molar-refractivity contribution in [2.45, 2.75) is 77.4 Å². The largest absolute Gasteiger partial charge is 0.310 e. The Morgan fingerprint density at radius 1 is 1.21 bits per heavy atom. The van der Waals surface area contributed by atoms with E-state index in [2.05, 4.69) is 40.1 Å². The van der Waals surface area contributed by atoms with Gasteiger partial charge in [0.25, 0.3) is 0 Å². The van der Waals surface area contributed by atoms with Crippen molar-refractivity contribution in [2.24, 2.45) is 0 Å². The molecule has 1 atom stereocenters. The zero-order valence-corrected chi connectivity index (χ0v) is 12.5. The summed E-state index contributed by atoms with van der Waals surface area (Å²) in [5.41, 5.74) is 0. The fourth-order valence-corrected chi connectivity index (χ4v) is 2.92. The summed E-state index contributed by atoms with van der Waals surface area (Å²) in [4.78, 5) is 0. The van der Waals surface area contributed by atoms with Gasteiger partial charge in [0.15, 0.2) is 0 Å². The molecule has 1 aliphatic rings. The van der Waals surface area contributed by atoms with Gasteiger partial charge in [0, 0.05) is 6.04 Å². The molecule has 0 saturated carbocycles. The van der Waals surface area contributed by atoms with Crippen molar-refractivity contribution in [2.75, 3.05) is 6.54 Å². The minimum atomic E-state index is 0.690. The van der Waals surface area contributed by atoms with E-state index in [9.17, 15) is 0 Å². The van der Waals surface area contributed by atoms with Gasteiger partial charge >= 0.3 is 0 Å². The Kier molecular flexibility index (Phi) is 6.42. The Hall–Kier alpha value is -0.830. The average Bonchev–Trinajstić information content (AvgIpc) is 3.06. The average molecular weight is 264 g/mol. The van der Waals surface area contributed by atoms with Crippen molar-refractivity contribution in [3.05, 3.63) is 18.7 Å². The summed E-state index contributed by atoms with van der Waals surface area (Å²) in [5.74, 6) is 0. The predicted octanol–water partition coefficient (Wildman–Crippen LogP) is 2.89. The number of aryl methyl sites for hydroxylation is 1. The van der Waals surface area contributed by atoms with Gasteiger partial charge in [-0.05, 0) is 32.2 Å². The second-order valence-electron chi connectivity index (χ2n) is 5.91. The Balaban J connectivity index is 1.60. The summed E-state index contributed by atoms with van der Waals surface area (Å²) in [5, 5.41) is 3.56. The highest BCUT2D eigenvalue weighted by Crippen LogP contribution is 2.06. The molecular weight excluding hydrogens is 234 g/mol. The SMILES string of the molecule is CCCCCCCCn1cc[n+](C[C@@H]2CCCN2)c1. The van der Waals surface area contributed by atoms with Gasteiger partial charge in [0.1, 0.15) is 18.9 Å². The monoisotopic (exact) mass is 264 g/mol. The molecule has 1 fully saturated rings. The summed E-state index contributed by atoms with van der Waals surface area (Å²) in [6.07, 6.45) is 17.6. The summed E-state index contributed by atoms with van der Waals surface area (Å²) < 4.78 is 4.68. The third-order valence-electron chi connectivity index (χ3n) is 4.11. The first kappa shape index (κ1) is 14.6. The highest BCUT2D eigenvalue weighted by molar-refractivity contribution is 4.72. The number of aromatic nitrogens is 2. The van der Waals surface area contributed by atoms with Crippen LogP contribution >= 0.6 is 0 Å². The highest BCUT2D eigenvalue weighted by atomic mass is 15.1. The molecule has 0 aromatic carbocycles. The van der Waals surface area contributed by atoms with Crippen LogP contribution in [0.1, 0.15) is 58.3 Å². The molecule has 1 N–H and O–H groups in total. The fraction of sp³-hybridized carbons (Fsp3) is 0.812. The van der Waals surface area contributed by atoms with Gasteiger partial charge in [-0.2, -0.15) is 0 Å². The van der Waals surface area contributed by atoms with Crippen molar-refractivity contribution in [3.63, 3.8) is 0 Å². The van der Waals surface area contributed by atoms with Crippen molar-refractivity contribution < 1.29 is 4.57 Å². The molecule has 0 spiro atoms. The van der Waals surface area contributed by atoms with Gasteiger partial charge < -0.3 is 5.32 Å². The molecule has 0 radical (unpaired) electrons. The molecule has 1 aromatic heterocycles. The Labute approximate surface area is 118 Å². The van der Waals surface area contributed by atoms with Gasteiger partial charge in [-0.15, -0.1) is 0 Å². The van der Waals surface area contributed by atoms with E-state index < -0.39 is 0 Å². The van der Waals surface area contributed by atoms with E-state index >= 15 is 0 Å². The van der Waals surface area contributed by atoms with Crippen molar-refractivity contribution >= 4 is 0 Å². The van der Waals surface area contributed by atoms with Crippen LogP contribution in [0.2, 0.25) is 0 Å². The molecular formula is C16H30N3+. The lowest BCUT2D eigenvalue weighted by Gasteiger charge is -2.05. The van der Waals surface area contributed by atoms with Crippen molar-refractivity contribution in [1.29, 1.82) is 0 Å². The maximum Gasteiger partial charge on any atom is 0.243 e. The first-order chi connectivity index (χ1) is 9.38. The van der Waals surface area contributed by atoms with Crippen molar-refractivity contribution in [3.8, 4) is 0 Å². The van der Waals surface area contributed by atoms with E-state index in [0.717, 1.165) is 6.54 Å². The number of hydrogen-bond acceptors (Lipinski definition) is 1. The van der Waals surface area contributed by atoms with E-state index in [1.54, 1.807) is 0 Å². The number of imidazole rings is 1. The molecule has 2 heterocycles. The van der Waals surface area contributed by atoms with Crippen LogP contribution in [0.3, 0.4) is 0 Å².